The molecule has 0 aliphatic heterocycles. The molecule has 0 atom stereocenters. The first-order valence-corrected chi connectivity index (χ1v) is 12.2. The van der Waals surface area contributed by atoms with Gasteiger partial charge in [0.05, 0.1) is 26.1 Å². The van der Waals surface area contributed by atoms with Crippen molar-refractivity contribution in [2.75, 3.05) is 13.7 Å². The second-order valence-electron chi connectivity index (χ2n) is 7.97. The third-order valence-corrected chi connectivity index (χ3v) is 9.14. The summed E-state index contributed by atoms with van der Waals surface area (Å²) in [6.45, 7) is 15.0. The van der Waals surface area contributed by atoms with Crippen molar-refractivity contribution in [3.05, 3.63) is 41.7 Å². The Hall–Kier alpha value is -1.26. The van der Waals surface area contributed by atoms with Crippen molar-refractivity contribution in [2.45, 2.75) is 71.7 Å². The van der Waals surface area contributed by atoms with Gasteiger partial charge in [0.25, 0.3) is 0 Å². The zero-order valence-electron chi connectivity index (χ0n) is 17.1. The van der Waals surface area contributed by atoms with Crippen molar-refractivity contribution in [3.8, 4) is 5.75 Å². The maximum Gasteiger partial charge on any atom is 0.250 e. The molecule has 0 aromatic heterocycles. The number of hydrogen-bond acceptors (Lipinski definition) is 3. The summed E-state index contributed by atoms with van der Waals surface area (Å²) >= 11 is 0. The fourth-order valence-electron chi connectivity index (χ4n) is 2.14. The lowest BCUT2D eigenvalue weighted by molar-refractivity contribution is 0.124. The Kier molecular flexibility index (Phi) is 8.73. The summed E-state index contributed by atoms with van der Waals surface area (Å²) in [4.78, 5) is 0. The lowest BCUT2D eigenvalue weighted by atomic mass is 10.2. The van der Waals surface area contributed by atoms with E-state index in [1.165, 1.54) is 0 Å². The highest BCUT2D eigenvalue weighted by molar-refractivity contribution is 6.74. The molecular weight excluding hydrogens is 328 g/mol. The molecule has 0 bridgehead atoms. The maximum atomic E-state index is 6.46. The molecule has 142 valence electrons. The van der Waals surface area contributed by atoms with E-state index in [4.69, 9.17) is 13.9 Å². The van der Waals surface area contributed by atoms with Gasteiger partial charge >= 0.3 is 0 Å². The molecule has 0 aliphatic rings. The van der Waals surface area contributed by atoms with Crippen LogP contribution in [0.5, 0.6) is 5.75 Å². The van der Waals surface area contributed by atoms with Gasteiger partial charge in [0.2, 0.25) is 8.32 Å². The minimum Gasteiger partial charge on any atom is -0.547 e. The van der Waals surface area contributed by atoms with Crippen LogP contribution in [0.15, 0.2) is 36.1 Å². The highest BCUT2D eigenvalue weighted by atomic mass is 28.4. The van der Waals surface area contributed by atoms with Gasteiger partial charge in [-0.3, -0.25) is 0 Å². The van der Waals surface area contributed by atoms with E-state index in [1.807, 2.05) is 24.3 Å². The quantitative estimate of drug-likeness (QED) is 0.277. The van der Waals surface area contributed by atoms with Crippen molar-refractivity contribution < 1.29 is 13.9 Å². The van der Waals surface area contributed by atoms with E-state index in [1.54, 1.807) is 7.11 Å². The van der Waals surface area contributed by atoms with Gasteiger partial charge in [0, 0.05) is 6.42 Å². The molecule has 25 heavy (non-hydrogen) atoms. The second-order valence-corrected chi connectivity index (χ2v) is 12.7. The predicted octanol–water partition coefficient (Wildman–Crippen LogP) is 6.31. The van der Waals surface area contributed by atoms with Crippen molar-refractivity contribution in [2.24, 2.45) is 0 Å². The van der Waals surface area contributed by atoms with Crippen LogP contribution in [0.2, 0.25) is 18.1 Å². The Balaban J connectivity index is 2.46. The molecule has 0 saturated carbocycles. The summed E-state index contributed by atoms with van der Waals surface area (Å²) in [7, 11) is -0.0782. The van der Waals surface area contributed by atoms with Gasteiger partial charge in [0.1, 0.15) is 5.75 Å². The first-order valence-electron chi connectivity index (χ1n) is 9.28. The third kappa shape index (κ3) is 7.66. The highest BCUT2D eigenvalue weighted by Crippen LogP contribution is 2.38. The number of allylic oxidation sites excluding steroid dienone is 1. The molecule has 0 unspecified atom stereocenters. The van der Waals surface area contributed by atoms with Crippen LogP contribution in [0, 0.1) is 0 Å². The van der Waals surface area contributed by atoms with Crippen molar-refractivity contribution in [1.29, 1.82) is 0 Å². The minimum absolute atomic E-state index is 0.227. The van der Waals surface area contributed by atoms with Crippen molar-refractivity contribution in [3.63, 3.8) is 0 Å². The molecule has 0 N–H and O–H groups in total. The number of rotatable bonds is 10. The second kappa shape index (κ2) is 10.0. The van der Waals surface area contributed by atoms with Gasteiger partial charge in [-0.2, -0.15) is 0 Å². The van der Waals surface area contributed by atoms with Gasteiger partial charge < -0.3 is 13.9 Å². The molecule has 3 nitrogen and oxygen atoms in total. The molecule has 1 rings (SSSR count). The molecule has 0 fully saturated rings. The number of benzene rings is 1. The standard InChI is InChI=1S/C21H36O3Si/c1-8-10-20(24-25(6,7)21(2,3)4)11-9-16-23-17-18-12-14-19(22-5)15-13-18/h11-15H,8-10,16-17H2,1-7H3/b20-11-. The molecule has 0 heterocycles. The monoisotopic (exact) mass is 364 g/mol. The van der Waals surface area contributed by atoms with Gasteiger partial charge in [-0.1, -0.05) is 39.8 Å². The number of methoxy groups -OCH3 is 1. The zero-order valence-corrected chi connectivity index (χ0v) is 18.1. The van der Waals surface area contributed by atoms with Crippen LogP contribution >= 0.6 is 0 Å². The van der Waals surface area contributed by atoms with E-state index in [2.05, 4.69) is 46.9 Å². The Morgan fingerprint density at radius 3 is 2.28 bits per heavy atom. The summed E-state index contributed by atoms with van der Waals surface area (Å²) in [6.07, 6.45) is 5.22. The molecular formula is C21H36O3Si. The van der Waals surface area contributed by atoms with Crippen LogP contribution in [0.25, 0.3) is 0 Å². The molecule has 0 amide bonds. The van der Waals surface area contributed by atoms with Gasteiger partial charge in [-0.05, 0) is 54.7 Å². The van der Waals surface area contributed by atoms with Gasteiger partial charge in [-0.25, -0.2) is 0 Å². The van der Waals surface area contributed by atoms with Crippen LogP contribution in [-0.4, -0.2) is 22.0 Å². The number of hydrogen-bond donors (Lipinski definition) is 0. The summed E-state index contributed by atoms with van der Waals surface area (Å²) in [5.74, 6) is 2.01. The Morgan fingerprint density at radius 2 is 1.76 bits per heavy atom. The van der Waals surface area contributed by atoms with Crippen molar-refractivity contribution in [1.82, 2.24) is 0 Å². The third-order valence-electron chi connectivity index (χ3n) is 4.75. The topological polar surface area (TPSA) is 27.7 Å². The summed E-state index contributed by atoms with van der Waals surface area (Å²) in [5, 5.41) is 0.227. The van der Waals surface area contributed by atoms with E-state index in [0.29, 0.717) is 13.2 Å². The van der Waals surface area contributed by atoms with Crippen LogP contribution in [0.4, 0.5) is 0 Å². The minimum atomic E-state index is -1.76. The lowest BCUT2D eigenvalue weighted by Gasteiger charge is -2.37. The van der Waals surface area contributed by atoms with E-state index in [-0.39, 0.29) is 5.04 Å². The lowest BCUT2D eigenvalue weighted by Crippen LogP contribution is -2.40. The first-order chi connectivity index (χ1) is 11.7. The normalized spacial score (nSPS) is 13.0. The Labute approximate surface area is 155 Å². The summed E-state index contributed by atoms with van der Waals surface area (Å²) < 4.78 is 17.4. The average molecular weight is 365 g/mol. The highest BCUT2D eigenvalue weighted by Gasteiger charge is 2.39. The molecule has 0 aliphatic carbocycles. The fourth-order valence-corrected chi connectivity index (χ4v) is 3.28. The largest absolute Gasteiger partial charge is 0.547 e. The molecule has 0 saturated heterocycles. The van der Waals surface area contributed by atoms with E-state index >= 15 is 0 Å². The Morgan fingerprint density at radius 1 is 1.12 bits per heavy atom. The van der Waals surface area contributed by atoms with Crippen LogP contribution in [-0.2, 0) is 15.8 Å². The molecule has 0 spiro atoms. The van der Waals surface area contributed by atoms with Gasteiger partial charge in [-0.15, -0.1) is 0 Å². The first kappa shape index (κ1) is 21.8. The van der Waals surface area contributed by atoms with Crippen LogP contribution < -0.4 is 4.74 Å². The van der Waals surface area contributed by atoms with E-state index in [9.17, 15) is 0 Å². The fraction of sp³-hybridized carbons (Fsp3) is 0.619. The smallest absolute Gasteiger partial charge is 0.250 e. The predicted molar refractivity (Wildman–Crippen MR) is 109 cm³/mol. The van der Waals surface area contributed by atoms with Crippen LogP contribution in [0.1, 0.15) is 52.5 Å². The SMILES string of the molecule is CCC/C(=C/CCOCc1ccc(OC)cc1)O[Si](C)(C)C(C)(C)C. The van der Waals surface area contributed by atoms with E-state index in [0.717, 1.165) is 36.3 Å². The number of ether oxygens (including phenoxy) is 2. The van der Waals surface area contributed by atoms with Gasteiger partial charge in [0.15, 0.2) is 0 Å². The average Bonchev–Trinajstić information content (AvgIpc) is 2.54. The molecule has 1 aromatic carbocycles. The van der Waals surface area contributed by atoms with E-state index < -0.39 is 8.32 Å². The molecule has 4 heteroatoms. The zero-order chi connectivity index (χ0) is 18.9. The molecule has 0 radical (unpaired) electrons. The van der Waals surface area contributed by atoms with Crippen molar-refractivity contribution >= 4 is 8.32 Å². The summed E-state index contributed by atoms with van der Waals surface area (Å²) in [6, 6.07) is 8.01. The summed E-state index contributed by atoms with van der Waals surface area (Å²) in [5.41, 5.74) is 1.16. The Bertz CT molecular complexity index is 527. The molecule has 1 aromatic rings. The van der Waals surface area contributed by atoms with Crippen LogP contribution in [0.3, 0.4) is 0 Å². The maximum absolute atomic E-state index is 6.46.